The molecule has 0 aliphatic heterocycles. The van der Waals surface area contributed by atoms with Crippen LogP contribution in [0.25, 0.3) is 0 Å². The molecular formula is C15H23ClN2O2. The minimum Gasteiger partial charge on any atom is -0.483 e. The summed E-state index contributed by atoms with van der Waals surface area (Å²) in [4.78, 5) is 11.8. The smallest absolute Gasteiger partial charge is 0.258 e. The SMILES string of the molecule is CC(N)Cc1c(Cl)cccc1OCC(=O)NC(C)(C)C. The van der Waals surface area contributed by atoms with E-state index < -0.39 is 0 Å². The molecule has 0 fully saturated rings. The maximum Gasteiger partial charge on any atom is 0.258 e. The molecule has 1 unspecified atom stereocenters. The van der Waals surface area contributed by atoms with Gasteiger partial charge in [0.15, 0.2) is 6.61 Å². The molecule has 20 heavy (non-hydrogen) atoms. The summed E-state index contributed by atoms with van der Waals surface area (Å²) in [6.07, 6.45) is 0.607. The standard InChI is InChI=1S/C15H23ClN2O2/c1-10(17)8-11-12(16)6-5-7-13(11)20-9-14(19)18-15(2,3)4/h5-7,10H,8-9,17H2,1-4H3,(H,18,19). The molecule has 0 aromatic heterocycles. The number of amides is 1. The Labute approximate surface area is 125 Å². The highest BCUT2D eigenvalue weighted by atomic mass is 35.5. The third-order valence-electron chi connectivity index (χ3n) is 2.48. The number of ether oxygens (including phenoxy) is 1. The molecule has 0 saturated heterocycles. The predicted molar refractivity (Wildman–Crippen MR) is 82.2 cm³/mol. The summed E-state index contributed by atoms with van der Waals surface area (Å²) < 4.78 is 5.57. The summed E-state index contributed by atoms with van der Waals surface area (Å²) in [6.45, 7) is 7.63. The van der Waals surface area contributed by atoms with Crippen LogP contribution >= 0.6 is 11.6 Å². The highest BCUT2D eigenvalue weighted by molar-refractivity contribution is 6.31. The Morgan fingerprint density at radius 1 is 1.45 bits per heavy atom. The second-order valence-corrected chi connectivity index (χ2v) is 6.39. The molecule has 0 spiro atoms. The highest BCUT2D eigenvalue weighted by Gasteiger charge is 2.15. The van der Waals surface area contributed by atoms with Crippen LogP contribution in [0, 0.1) is 0 Å². The maximum atomic E-state index is 11.8. The van der Waals surface area contributed by atoms with Gasteiger partial charge >= 0.3 is 0 Å². The van der Waals surface area contributed by atoms with Gasteiger partial charge in [-0.2, -0.15) is 0 Å². The van der Waals surface area contributed by atoms with E-state index in [2.05, 4.69) is 5.32 Å². The Bertz CT molecular complexity index is 467. The molecule has 0 radical (unpaired) electrons. The first-order valence-electron chi connectivity index (χ1n) is 6.66. The lowest BCUT2D eigenvalue weighted by Gasteiger charge is -2.21. The number of carbonyl (C=O) groups excluding carboxylic acids is 1. The van der Waals surface area contributed by atoms with Crippen molar-refractivity contribution in [1.82, 2.24) is 5.32 Å². The van der Waals surface area contributed by atoms with Crippen molar-refractivity contribution in [3.8, 4) is 5.75 Å². The van der Waals surface area contributed by atoms with E-state index in [1.165, 1.54) is 0 Å². The Balaban J connectivity index is 2.73. The lowest BCUT2D eigenvalue weighted by molar-refractivity contribution is -0.124. The van der Waals surface area contributed by atoms with Crippen molar-refractivity contribution < 1.29 is 9.53 Å². The second kappa shape index (κ2) is 6.95. The zero-order valence-electron chi connectivity index (χ0n) is 12.5. The van der Waals surface area contributed by atoms with Crippen LogP contribution in [0.4, 0.5) is 0 Å². The number of carbonyl (C=O) groups is 1. The fraction of sp³-hybridized carbons (Fsp3) is 0.533. The minimum absolute atomic E-state index is 0.0272. The summed E-state index contributed by atoms with van der Waals surface area (Å²) in [5.74, 6) is 0.447. The van der Waals surface area contributed by atoms with Crippen molar-refractivity contribution in [3.05, 3.63) is 28.8 Å². The van der Waals surface area contributed by atoms with Crippen LogP contribution < -0.4 is 15.8 Å². The summed E-state index contributed by atoms with van der Waals surface area (Å²) in [7, 11) is 0. The van der Waals surface area contributed by atoms with E-state index in [1.807, 2.05) is 27.7 Å². The summed E-state index contributed by atoms with van der Waals surface area (Å²) in [5, 5.41) is 3.45. The van der Waals surface area contributed by atoms with Gasteiger partial charge in [-0.25, -0.2) is 0 Å². The molecule has 5 heteroatoms. The topological polar surface area (TPSA) is 64.3 Å². The van der Waals surface area contributed by atoms with Crippen molar-refractivity contribution >= 4 is 17.5 Å². The van der Waals surface area contributed by atoms with Crippen LogP contribution in [0.3, 0.4) is 0 Å². The van der Waals surface area contributed by atoms with Gasteiger partial charge < -0.3 is 15.8 Å². The summed E-state index contributed by atoms with van der Waals surface area (Å²) in [6, 6.07) is 5.36. The van der Waals surface area contributed by atoms with Crippen LogP contribution in [0.5, 0.6) is 5.75 Å². The molecule has 1 amide bonds. The molecule has 3 N–H and O–H groups in total. The molecule has 1 atom stereocenters. The van der Waals surface area contributed by atoms with E-state index in [0.29, 0.717) is 17.2 Å². The number of hydrogen-bond acceptors (Lipinski definition) is 3. The Morgan fingerprint density at radius 2 is 2.10 bits per heavy atom. The van der Waals surface area contributed by atoms with Crippen molar-refractivity contribution in [2.75, 3.05) is 6.61 Å². The Hall–Kier alpha value is -1.26. The van der Waals surface area contributed by atoms with Gasteiger partial charge in [-0.05, 0) is 46.2 Å². The van der Waals surface area contributed by atoms with Gasteiger partial charge in [0.1, 0.15) is 5.75 Å². The average molecular weight is 299 g/mol. The van der Waals surface area contributed by atoms with Gasteiger partial charge in [0, 0.05) is 22.2 Å². The maximum absolute atomic E-state index is 11.8. The van der Waals surface area contributed by atoms with Crippen molar-refractivity contribution in [3.63, 3.8) is 0 Å². The number of benzene rings is 1. The normalized spacial score (nSPS) is 12.9. The monoisotopic (exact) mass is 298 g/mol. The molecule has 0 bridgehead atoms. The van der Waals surface area contributed by atoms with Gasteiger partial charge in [0.2, 0.25) is 0 Å². The van der Waals surface area contributed by atoms with E-state index in [9.17, 15) is 4.79 Å². The van der Waals surface area contributed by atoms with Gasteiger partial charge in [-0.3, -0.25) is 4.79 Å². The molecule has 0 saturated carbocycles. The molecule has 4 nitrogen and oxygen atoms in total. The zero-order chi connectivity index (χ0) is 15.3. The van der Waals surface area contributed by atoms with Crippen LogP contribution in [-0.2, 0) is 11.2 Å². The third kappa shape index (κ3) is 5.80. The van der Waals surface area contributed by atoms with Gasteiger partial charge in [-0.15, -0.1) is 0 Å². The molecule has 0 aliphatic carbocycles. The Kier molecular flexibility index (Phi) is 5.84. The fourth-order valence-corrected chi connectivity index (χ4v) is 2.03. The largest absolute Gasteiger partial charge is 0.483 e. The van der Waals surface area contributed by atoms with Crippen LogP contribution in [0.15, 0.2) is 18.2 Å². The molecular weight excluding hydrogens is 276 g/mol. The molecule has 0 aliphatic rings. The van der Waals surface area contributed by atoms with Crippen LogP contribution in [0.1, 0.15) is 33.3 Å². The van der Waals surface area contributed by atoms with E-state index in [1.54, 1.807) is 18.2 Å². The lowest BCUT2D eigenvalue weighted by atomic mass is 10.1. The molecule has 1 aromatic rings. The first kappa shape index (κ1) is 16.8. The minimum atomic E-state index is -0.274. The van der Waals surface area contributed by atoms with Crippen LogP contribution in [0.2, 0.25) is 5.02 Å². The number of nitrogens with two attached hydrogens (primary N) is 1. The third-order valence-corrected chi connectivity index (χ3v) is 2.83. The first-order valence-corrected chi connectivity index (χ1v) is 7.03. The predicted octanol–water partition coefficient (Wildman–Crippen LogP) is 2.52. The highest BCUT2D eigenvalue weighted by Crippen LogP contribution is 2.27. The average Bonchev–Trinajstić information content (AvgIpc) is 2.27. The van der Waals surface area contributed by atoms with Crippen molar-refractivity contribution in [1.29, 1.82) is 0 Å². The van der Waals surface area contributed by atoms with Gasteiger partial charge in [0.25, 0.3) is 5.91 Å². The molecule has 112 valence electrons. The quantitative estimate of drug-likeness (QED) is 0.878. The van der Waals surface area contributed by atoms with E-state index in [4.69, 9.17) is 22.1 Å². The van der Waals surface area contributed by atoms with Gasteiger partial charge in [-0.1, -0.05) is 17.7 Å². The van der Waals surface area contributed by atoms with E-state index >= 15 is 0 Å². The van der Waals surface area contributed by atoms with E-state index in [0.717, 1.165) is 5.56 Å². The number of hydrogen-bond donors (Lipinski definition) is 2. The summed E-state index contributed by atoms with van der Waals surface area (Å²) >= 11 is 6.16. The van der Waals surface area contributed by atoms with Crippen molar-refractivity contribution in [2.45, 2.75) is 45.7 Å². The summed E-state index contributed by atoms with van der Waals surface area (Å²) in [5.41, 5.74) is 6.37. The first-order chi connectivity index (χ1) is 9.19. The van der Waals surface area contributed by atoms with Gasteiger partial charge in [0.05, 0.1) is 0 Å². The number of halogens is 1. The van der Waals surface area contributed by atoms with Crippen LogP contribution in [-0.4, -0.2) is 24.1 Å². The number of nitrogens with one attached hydrogen (secondary N) is 1. The molecule has 1 rings (SSSR count). The molecule has 0 heterocycles. The van der Waals surface area contributed by atoms with E-state index in [-0.39, 0.29) is 24.1 Å². The van der Waals surface area contributed by atoms with Crippen molar-refractivity contribution in [2.24, 2.45) is 5.73 Å². The Morgan fingerprint density at radius 3 is 2.65 bits per heavy atom. The zero-order valence-corrected chi connectivity index (χ0v) is 13.3. The second-order valence-electron chi connectivity index (χ2n) is 5.98. The molecule has 1 aromatic carbocycles. The number of rotatable bonds is 5. The fourth-order valence-electron chi connectivity index (χ4n) is 1.79. The lowest BCUT2D eigenvalue weighted by Crippen LogP contribution is -2.43.